The van der Waals surface area contributed by atoms with Crippen molar-refractivity contribution < 1.29 is 0 Å². The first-order valence-corrected chi connectivity index (χ1v) is 6.87. The van der Waals surface area contributed by atoms with Gasteiger partial charge in [0.2, 0.25) is 0 Å². The van der Waals surface area contributed by atoms with Crippen LogP contribution in [0.1, 0.15) is 17.0 Å². The third-order valence-corrected chi connectivity index (χ3v) is 3.91. The molecule has 0 saturated heterocycles. The number of hydrogen-bond donors (Lipinski definition) is 1. The Morgan fingerprint density at radius 2 is 2.25 bits per heavy atom. The van der Waals surface area contributed by atoms with E-state index in [1.807, 2.05) is 0 Å². The highest BCUT2D eigenvalue weighted by Gasteiger charge is 2.25. The maximum absolute atomic E-state index is 5.99. The molecule has 1 aliphatic carbocycles. The molecule has 1 unspecified atom stereocenters. The van der Waals surface area contributed by atoms with Crippen LogP contribution in [-0.2, 0) is 6.42 Å². The Bertz CT molecular complexity index is 782. The molecule has 20 heavy (non-hydrogen) atoms. The first kappa shape index (κ1) is 11.7. The Morgan fingerprint density at radius 1 is 1.35 bits per heavy atom. The van der Waals surface area contributed by atoms with E-state index in [-0.39, 0.29) is 0 Å². The molecule has 1 aliphatic rings. The monoisotopic (exact) mass is 285 g/mol. The molecule has 100 valence electrons. The standard InChI is InChI=1S/C14H12ClN5/c15-12-6-13(20-14(19-12)17-8-18-20)16-7-10-5-9-3-1-2-4-11(9)10/h1-4,6,8,10,16H,5,7H2. The summed E-state index contributed by atoms with van der Waals surface area (Å²) in [6.07, 6.45) is 2.59. The van der Waals surface area contributed by atoms with Gasteiger partial charge in [0.25, 0.3) is 5.78 Å². The first-order chi connectivity index (χ1) is 9.81. The molecule has 1 aromatic carbocycles. The van der Waals surface area contributed by atoms with E-state index < -0.39 is 0 Å². The molecular formula is C14H12ClN5. The predicted octanol–water partition coefficient (Wildman–Crippen LogP) is 2.53. The molecule has 4 rings (SSSR count). The van der Waals surface area contributed by atoms with Crippen molar-refractivity contribution in [2.75, 3.05) is 11.9 Å². The van der Waals surface area contributed by atoms with Crippen molar-refractivity contribution >= 4 is 23.2 Å². The Hall–Kier alpha value is -2.14. The van der Waals surface area contributed by atoms with Gasteiger partial charge in [-0.05, 0) is 17.5 Å². The number of nitrogens with one attached hydrogen (secondary N) is 1. The van der Waals surface area contributed by atoms with Gasteiger partial charge in [-0.3, -0.25) is 0 Å². The Kier molecular flexibility index (Phi) is 2.60. The SMILES string of the molecule is Clc1cc(NCC2Cc3ccccc32)n2ncnc2n1. The van der Waals surface area contributed by atoms with Crippen LogP contribution in [0.25, 0.3) is 5.78 Å². The van der Waals surface area contributed by atoms with E-state index in [4.69, 9.17) is 11.6 Å². The maximum atomic E-state index is 5.99. The molecule has 0 spiro atoms. The summed E-state index contributed by atoms with van der Waals surface area (Å²) in [6, 6.07) is 10.3. The third-order valence-electron chi connectivity index (χ3n) is 3.71. The predicted molar refractivity (Wildman–Crippen MR) is 77.2 cm³/mol. The van der Waals surface area contributed by atoms with Gasteiger partial charge in [-0.2, -0.15) is 19.6 Å². The van der Waals surface area contributed by atoms with Crippen molar-refractivity contribution in [2.24, 2.45) is 0 Å². The van der Waals surface area contributed by atoms with Crippen molar-refractivity contribution in [1.82, 2.24) is 19.6 Å². The molecular weight excluding hydrogens is 274 g/mol. The molecule has 0 amide bonds. The van der Waals surface area contributed by atoms with Gasteiger partial charge in [-0.1, -0.05) is 35.9 Å². The molecule has 0 aliphatic heterocycles. The third kappa shape index (κ3) is 1.82. The zero-order valence-corrected chi connectivity index (χ0v) is 11.4. The average molecular weight is 286 g/mol. The molecule has 0 saturated carbocycles. The van der Waals surface area contributed by atoms with E-state index in [2.05, 4.69) is 44.6 Å². The number of benzene rings is 1. The smallest absolute Gasteiger partial charge is 0.255 e. The van der Waals surface area contributed by atoms with E-state index in [1.54, 1.807) is 10.6 Å². The van der Waals surface area contributed by atoms with Crippen molar-refractivity contribution in [3.63, 3.8) is 0 Å². The van der Waals surface area contributed by atoms with Gasteiger partial charge >= 0.3 is 0 Å². The minimum Gasteiger partial charge on any atom is -0.369 e. The molecule has 1 N–H and O–H groups in total. The van der Waals surface area contributed by atoms with Gasteiger partial charge in [0.05, 0.1) is 0 Å². The number of halogens is 1. The molecule has 2 aromatic heterocycles. The molecule has 5 nitrogen and oxygen atoms in total. The van der Waals surface area contributed by atoms with Crippen LogP contribution < -0.4 is 5.32 Å². The zero-order valence-electron chi connectivity index (χ0n) is 10.6. The van der Waals surface area contributed by atoms with Crippen LogP contribution in [0, 0.1) is 0 Å². The van der Waals surface area contributed by atoms with E-state index in [9.17, 15) is 0 Å². The summed E-state index contributed by atoms with van der Waals surface area (Å²) in [6.45, 7) is 0.853. The molecule has 0 radical (unpaired) electrons. The summed E-state index contributed by atoms with van der Waals surface area (Å²) in [5.74, 6) is 1.87. The number of aromatic nitrogens is 4. The lowest BCUT2D eigenvalue weighted by atomic mass is 9.78. The number of hydrogen-bond acceptors (Lipinski definition) is 4. The first-order valence-electron chi connectivity index (χ1n) is 6.49. The second-order valence-electron chi connectivity index (χ2n) is 4.92. The fourth-order valence-corrected chi connectivity index (χ4v) is 2.86. The average Bonchev–Trinajstić information content (AvgIpc) is 2.87. The van der Waals surface area contributed by atoms with E-state index in [0.29, 0.717) is 16.8 Å². The van der Waals surface area contributed by atoms with Gasteiger partial charge in [-0.25, -0.2) is 0 Å². The summed E-state index contributed by atoms with van der Waals surface area (Å²) >= 11 is 5.99. The van der Waals surface area contributed by atoms with Crippen LogP contribution in [0.15, 0.2) is 36.7 Å². The van der Waals surface area contributed by atoms with Crippen LogP contribution in [0.4, 0.5) is 5.82 Å². The molecule has 0 fully saturated rings. The summed E-state index contributed by atoms with van der Waals surface area (Å²) in [7, 11) is 0. The van der Waals surface area contributed by atoms with Crippen molar-refractivity contribution in [1.29, 1.82) is 0 Å². The van der Waals surface area contributed by atoms with Crippen LogP contribution in [-0.4, -0.2) is 26.1 Å². The number of nitrogens with zero attached hydrogens (tertiary/aromatic N) is 4. The highest BCUT2D eigenvalue weighted by atomic mass is 35.5. The largest absolute Gasteiger partial charge is 0.369 e. The maximum Gasteiger partial charge on any atom is 0.255 e. The van der Waals surface area contributed by atoms with Gasteiger partial charge < -0.3 is 5.32 Å². The minimum absolute atomic E-state index is 0.419. The lowest BCUT2D eigenvalue weighted by Crippen LogP contribution is -2.25. The molecule has 0 bridgehead atoms. The normalized spacial score (nSPS) is 16.8. The van der Waals surface area contributed by atoms with Gasteiger partial charge in [0, 0.05) is 18.5 Å². The van der Waals surface area contributed by atoms with Crippen molar-refractivity contribution in [3.05, 3.63) is 52.9 Å². The Morgan fingerprint density at radius 3 is 3.15 bits per heavy atom. The number of fused-ring (bicyclic) bond motifs is 2. The van der Waals surface area contributed by atoms with Crippen molar-refractivity contribution in [3.8, 4) is 0 Å². The lowest BCUT2D eigenvalue weighted by molar-refractivity contribution is 0.633. The highest BCUT2D eigenvalue weighted by Crippen LogP contribution is 2.34. The Balaban J connectivity index is 1.56. The fraction of sp³-hybridized carbons (Fsp3) is 0.214. The van der Waals surface area contributed by atoms with E-state index in [1.165, 1.54) is 17.5 Å². The summed E-state index contributed by atoms with van der Waals surface area (Å²) in [5.41, 5.74) is 2.87. The fourth-order valence-electron chi connectivity index (χ4n) is 2.68. The molecule has 3 aromatic rings. The Labute approximate surface area is 120 Å². The van der Waals surface area contributed by atoms with Gasteiger partial charge in [0.15, 0.2) is 0 Å². The lowest BCUT2D eigenvalue weighted by Gasteiger charge is -2.30. The van der Waals surface area contributed by atoms with Gasteiger partial charge in [-0.15, -0.1) is 0 Å². The molecule has 6 heteroatoms. The second kappa shape index (κ2) is 4.45. The minimum atomic E-state index is 0.419. The molecule has 2 heterocycles. The van der Waals surface area contributed by atoms with Crippen LogP contribution in [0.3, 0.4) is 0 Å². The quantitative estimate of drug-likeness (QED) is 0.751. The summed E-state index contributed by atoms with van der Waals surface area (Å²) < 4.78 is 1.66. The van der Waals surface area contributed by atoms with Crippen molar-refractivity contribution in [2.45, 2.75) is 12.3 Å². The van der Waals surface area contributed by atoms with Crippen LogP contribution in [0.5, 0.6) is 0 Å². The number of rotatable bonds is 3. The summed E-state index contributed by atoms with van der Waals surface area (Å²) in [5, 5.41) is 7.96. The highest BCUT2D eigenvalue weighted by molar-refractivity contribution is 6.29. The topological polar surface area (TPSA) is 55.1 Å². The van der Waals surface area contributed by atoms with Crippen LogP contribution in [0.2, 0.25) is 5.15 Å². The van der Waals surface area contributed by atoms with E-state index >= 15 is 0 Å². The zero-order chi connectivity index (χ0) is 13.5. The van der Waals surface area contributed by atoms with Crippen LogP contribution >= 0.6 is 11.6 Å². The summed E-state index contributed by atoms with van der Waals surface area (Å²) in [4.78, 5) is 8.16. The van der Waals surface area contributed by atoms with E-state index in [0.717, 1.165) is 18.8 Å². The number of anilines is 1. The van der Waals surface area contributed by atoms with Gasteiger partial charge in [0.1, 0.15) is 17.3 Å². The second-order valence-corrected chi connectivity index (χ2v) is 5.30. The molecule has 1 atom stereocenters.